The number of aliphatic carboxylic acids is 1. The van der Waals surface area contributed by atoms with Crippen molar-refractivity contribution in [1.82, 2.24) is 5.32 Å². The van der Waals surface area contributed by atoms with Gasteiger partial charge in [0.25, 0.3) is 0 Å². The van der Waals surface area contributed by atoms with E-state index in [1.54, 1.807) is 32.0 Å². The normalized spacial score (nSPS) is 12.1. The Morgan fingerprint density at radius 1 is 1.37 bits per heavy atom. The van der Waals surface area contributed by atoms with Gasteiger partial charge in [0, 0.05) is 9.50 Å². The van der Waals surface area contributed by atoms with E-state index in [2.05, 4.69) is 26.6 Å². The van der Waals surface area contributed by atoms with Gasteiger partial charge in [0.15, 0.2) is 0 Å². The SMILES string of the molecule is CC(C)C(NC(=O)Nc1cc(Cl)ccc1Br)C(=O)O. The van der Waals surface area contributed by atoms with Crippen LogP contribution in [-0.2, 0) is 4.79 Å². The van der Waals surface area contributed by atoms with Crippen LogP contribution >= 0.6 is 27.5 Å². The van der Waals surface area contributed by atoms with Crippen molar-refractivity contribution in [1.29, 1.82) is 0 Å². The number of anilines is 1. The highest BCUT2D eigenvalue weighted by Crippen LogP contribution is 2.25. The molecule has 1 aromatic rings. The third kappa shape index (κ3) is 4.72. The molecule has 0 saturated heterocycles. The van der Waals surface area contributed by atoms with E-state index in [0.29, 0.717) is 15.2 Å². The van der Waals surface area contributed by atoms with Crippen LogP contribution in [0.5, 0.6) is 0 Å². The lowest BCUT2D eigenvalue weighted by Crippen LogP contribution is -2.46. The average molecular weight is 350 g/mol. The molecule has 7 heteroatoms. The minimum absolute atomic E-state index is 0.217. The fraction of sp³-hybridized carbons (Fsp3) is 0.333. The third-order valence-corrected chi connectivity index (χ3v) is 3.32. The molecule has 5 nitrogen and oxygen atoms in total. The Bertz CT molecular complexity index is 494. The molecule has 1 unspecified atom stereocenters. The van der Waals surface area contributed by atoms with Crippen molar-refractivity contribution in [2.45, 2.75) is 19.9 Å². The molecule has 1 rings (SSSR count). The van der Waals surface area contributed by atoms with Crippen molar-refractivity contribution in [3.63, 3.8) is 0 Å². The fourth-order valence-electron chi connectivity index (χ4n) is 1.41. The van der Waals surface area contributed by atoms with Gasteiger partial charge in [-0.15, -0.1) is 0 Å². The van der Waals surface area contributed by atoms with Gasteiger partial charge in [-0.05, 0) is 40.0 Å². The molecule has 1 aromatic carbocycles. The Morgan fingerprint density at radius 2 is 2.00 bits per heavy atom. The molecule has 104 valence electrons. The van der Waals surface area contributed by atoms with Crippen LogP contribution in [0.4, 0.5) is 10.5 Å². The summed E-state index contributed by atoms with van der Waals surface area (Å²) in [6.07, 6.45) is 0. The lowest BCUT2D eigenvalue weighted by Gasteiger charge is -2.18. The van der Waals surface area contributed by atoms with Gasteiger partial charge in [0.1, 0.15) is 6.04 Å². The van der Waals surface area contributed by atoms with Gasteiger partial charge in [-0.3, -0.25) is 0 Å². The quantitative estimate of drug-likeness (QED) is 0.780. The molecule has 0 heterocycles. The maximum Gasteiger partial charge on any atom is 0.326 e. The summed E-state index contributed by atoms with van der Waals surface area (Å²) in [5.41, 5.74) is 0.470. The van der Waals surface area contributed by atoms with E-state index in [0.717, 1.165) is 0 Å². The maximum atomic E-state index is 11.7. The van der Waals surface area contributed by atoms with E-state index in [9.17, 15) is 9.59 Å². The molecular weight excluding hydrogens is 336 g/mol. The summed E-state index contributed by atoms with van der Waals surface area (Å²) in [7, 11) is 0. The standard InChI is InChI=1S/C12H14BrClN2O3/c1-6(2)10(11(17)18)16-12(19)15-9-5-7(14)3-4-8(9)13/h3-6,10H,1-2H3,(H,17,18)(H2,15,16,19). The highest BCUT2D eigenvalue weighted by molar-refractivity contribution is 9.10. The number of carbonyl (C=O) groups excluding carboxylic acids is 1. The van der Waals surface area contributed by atoms with Crippen molar-refractivity contribution in [3.05, 3.63) is 27.7 Å². The molecule has 1 atom stereocenters. The highest BCUT2D eigenvalue weighted by Gasteiger charge is 2.23. The molecule has 0 aliphatic heterocycles. The first kappa shape index (κ1) is 15.8. The van der Waals surface area contributed by atoms with E-state index < -0.39 is 18.0 Å². The summed E-state index contributed by atoms with van der Waals surface area (Å²) in [5, 5.41) is 14.4. The number of hydrogen-bond donors (Lipinski definition) is 3. The molecule has 0 aromatic heterocycles. The summed E-state index contributed by atoms with van der Waals surface area (Å²) in [6.45, 7) is 3.43. The molecule has 0 spiro atoms. The smallest absolute Gasteiger partial charge is 0.326 e. The Hall–Kier alpha value is -1.27. The largest absolute Gasteiger partial charge is 0.480 e. The molecular formula is C12H14BrClN2O3. The first-order chi connectivity index (χ1) is 8.81. The number of halogens is 2. The topological polar surface area (TPSA) is 78.4 Å². The zero-order valence-corrected chi connectivity index (χ0v) is 12.7. The third-order valence-electron chi connectivity index (χ3n) is 2.40. The van der Waals surface area contributed by atoms with Crippen LogP contribution in [0.2, 0.25) is 5.02 Å². The van der Waals surface area contributed by atoms with Crippen molar-refractivity contribution in [2.24, 2.45) is 5.92 Å². The number of benzene rings is 1. The Morgan fingerprint density at radius 3 is 2.53 bits per heavy atom. The molecule has 0 radical (unpaired) electrons. The van der Waals surface area contributed by atoms with E-state index in [4.69, 9.17) is 16.7 Å². The summed E-state index contributed by atoms with van der Waals surface area (Å²) in [6, 6.07) is 3.39. The first-order valence-electron chi connectivity index (χ1n) is 5.56. The van der Waals surface area contributed by atoms with Gasteiger partial charge < -0.3 is 15.7 Å². The number of carboxylic acid groups (broad SMARTS) is 1. The minimum Gasteiger partial charge on any atom is -0.480 e. The summed E-state index contributed by atoms with van der Waals surface area (Å²) in [4.78, 5) is 22.7. The molecule has 0 saturated carbocycles. The molecule has 0 fully saturated rings. The molecule has 2 amide bonds. The van der Waals surface area contributed by atoms with Crippen molar-refractivity contribution < 1.29 is 14.7 Å². The Kier molecular flexibility index (Phi) is 5.62. The van der Waals surface area contributed by atoms with Crippen LogP contribution in [0, 0.1) is 5.92 Å². The van der Waals surface area contributed by atoms with Gasteiger partial charge in [-0.2, -0.15) is 0 Å². The van der Waals surface area contributed by atoms with E-state index in [1.807, 2.05) is 0 Å². The second kappa shape index (κ2) is 6.77. The van der Waals surface area contributed by atoms with Crippen LogP contribution in [0.15, 0.2) is 22.7 Å². The number of carbonyl (C=O) groups is 2. The maximum absolute atomic E-state index is 11.7. The highest BCUT2D eigenvalue weighted by atomic mass is 79.9. The molecule has 0 aliphatic rings. The zero-order chi connectivity index (χ0) is 14.6. The van der Waals surface area contributed by atoms with Crippen LogP contribution in [0.25, 0.3) is 0 Å². The Labute approximate surface area is 124 Å². The van der Waals surface area contributed by atoms with Gasteiger partial charge in [0.2, 0.25) is 0 Å². The van der Waals surface area contributed by atoms with E-state index in [-0.39, 0.29) is 5.92 Å². The number of amides is 2. The predicted molar refractivity (Wildman–Crippen MR) is 77.6 cm³/mol. The van der Waals surface area contributed by atoms with Crippen LogP contribution in [0.3, 0.4) is 0 Å². The van der Waals surface area contributed by atoms with Gasteiger partial charge >= 0.3 is 12.0 Å². The lowest BCUT2D eigenvalue weighted by atomic mass is 10.1. The van der Waals surface area contributed by atoms with Gasteiger partial charge in [0.05, 0.1) is 5.69 Å². The first-order valence-corrected chi connectivity index (χ1v) is 6.73. The zero-order valence-electron chi connectivity index (χ0n) is 10.4. The van der Waals surface area contributed by atoms with Crippen LogP contribution < -0.4 is 10.6 Å². The van der Waals surface area contributed by atoms with E-state index >= 15 is 0 Å². The predicted octanol–water partition coefficient (Wildman–Crippen LogP) is 3.33. The summed E-state index contributed by atoms with van der Waals surface area (Å²) < 4.78 is 0.656. The number of hydrogen-bond acceptors (Lipinski definition) is 2. The van der Waals surface area contributed by atoms with Gasteiger partial charge in [-0.25, -0.2) is 9.59 Å². The van der Waals surface area contributed by atoms with Crippen molar-refractivity contribution in [3.8, 4) is 0 Å². The number of urea groups is 1. The second-order valence-corrected chi connectivity index (χ2v) is 5.57. The summed E-state index contributed by atoms with van der Waals surface area (Å²) >= 11 is 9.09. The van der Waals surface area contributed by atoms with Gasteiger partial charge in [-0.1, -0.05) is 25.4 Å². The number of nitrogens with one attached hydrogen (secondary N) is 2. The number of rotatable bonds is 4. The molecule has 3 N–H and O–H groups in total. The fourth-order valence-corrected chi connectivity index (χ4v) is 1.92. The van der Waals surface area contributed by atoms with Crippen molar-refractivity contribution in [2.75, 3.05) is 5.32 Å². The second-order valence-electron chi connectivity index (χ2n) is 4.28. The minimum atomic E-state index is -1.07. The van der Waals surface area contributed by atoms with Crippen molar-refractivity contribution >= 4 is 45.2 Å². The van der Waals surface area contributed by atoms with Crippen LogP contribution in [0.1, 0.15) is 13.8 Å². The number of carboxylic acids is 1. The Balaban J connectivity index is 2.74. The molecule has 19 heavy (non-hydrogen) atoms. The molecule has 0 aliphatic carbocycles. The van der Waals surface area contributed by atoms with Crippen LogP contribution in [-0.4, -0.2) is 23.1 Å². The lowest BCUT2D eigenvalue weighted by molar-refractivity contribution is -0.140. The monoisotopic (exact) mass is 348 g/mol. The average Bonchev–Trinajstić information content (AvgIpc) is 2.30. The summed E-state index contributed by atoms with van der Waals surface area (Å²) in [5.74, 6) is -1.29. The molecule has 0 bridgehead atoms. The van der Waals surface area contributed by atoms with E-state index in [1.165, 1.54) is 0 Å².